The van der Waals surface area contributed by atoms with E-state index in [1.165, 1.54) is 0 Å². The number of phenols is 1. The molecule has 0 bridgehead atoms. The van der Waals surface area contributed by atoms with Crippen molar-refractivity contribution in [2.45, 2.75) is 20.8 Å². The van der Waals surface area contributed by atoms with E-state index < -0.39 is 0 Å². The van der Waals surface area contributed by atoms with E-state index in [2.05, 4.69) is 16.4 Å². The monoisotopic (exact) mass is 294 g/mol. The number of anilines is 1. The first-order valence-corrected chi connectivity index (χ1v) is 7.15. The van der Waals surface area contributed by atoms with Gasteiger partial charge in [-0.25, -0.2) is 0 Å². The zero-order chi connectivity index (χ0) is 15.9. The molecule has 2 aromatic carbocycles. The average molecular weight is 294 g/mol. The van der Waals surface area contributed by atoms with E-state index >= 15 is 0 Å². The number of aromatic hydroxyl groups is 1. The van der Waals surface area contributed by atoms with Crippen molar-refractivity contribution in [1.82, 2.24) is 4.98 Å². The van der Waals surface area contributed by atoms with Gasteiger partial charge in [0.25, 0.3) is 5.91 Å². The van der Waals surface area contributed by atoms with Crippen LogP contribution in [-0.4, -0.2) is 16.0 Å². The summed E-state index contributed by atoms with van der Waals surface area (Å²) in [4.78, 5) is 15.7. The Bertz CT molecular complexity index is 878. The Morgan fingerprint density at radius 3 is 2.59 bits per heavy atom. The molecule has 0 saturated heterocycles. The molecule has 0 aliphatic heterocycles. The first-order valence-electron chi connectivity index (χ1n) is 7.15. The quantitative estimate of drug-likeness (QED) is 0.624. The second-order valence-electron chi connectivity index (χ2n) is 5.63. The van der Waals surface area contributed by atoms with E-state index in [0.717, 1.165) is 27.6 Å². The standard InChI is InChI=1S/C18H18N2O2/c1-10-4-6-16-14(8-10)12(3)17(19-16)18(22)20-15-7-5-13(21)9-11(15)2/h4-9,19,21H,1-3H3,(H,20,22). The van der Waals surface area contributed by atoms with E-state index in [1.54, 1.807) is 18.2 Å². The maximum absolute atomic E-state index is 12.5. The second-order valence-corrected chi connectivity index (χ2v) is 5.63. The highest BCUT2D eigenvalue weighted by Crippen LogP contribution is 2.25. The number of amides is 1. The highest BCUT2D eigenvalue weighted by Gasteiger charge is 2.15. The van der Waals surface area contributed by atoms with Gasteiger partial charge in [-0.3, -0.25) is 4.79 Å². The van der Waals surface area contributed by atoms with Gasteiger partial charge in [-0.2, -0.15) is 0 Å². The smallest absolute Gasteiger partial charge is 0.272 e. The lowest BCUT2D eigenvalue weighted by Gasteiger charge is -2.08. The van der Waals surface area contributed by atoms with Gasteiger partial charge < -0.3 is 15.4 Å². The van der Waals surface area contributed by atoms with E-state index in [9.17, 15) is 9.90 Å². The highest BCUT2D eigenvalue weighted by atomic mass is 16.3. The predicted octanol–water partition coefficient (Wildman–Crippen LogP) is 4.05. The molecular weight excluding hydrogens is 276 g/mol. The molecule has 0 spiro atoms. The summed E-state index contributed by atoms with van der Waals surface area (Å²) in [5.74, 6) is 0.00732. The van der Waals surface area contributed by atoms with Crippen LogP contribution in [0.4, 0.5) is 5.69 Å². The number of benzene rings is 2. The summed E-state index contributed by atoms with van der Waals surface area (Å²) in [7, 11) is 0. The first kappa shape index (κ1) is 14.2. The van der Waals surface area contributed by atoms with Gasteiger partial charge >= 0.3 is 0 Å². The summed E-state index contributed by atoms with van der Waals surface area (Å²) in [5.41, 5.74) is 5.13. The minimum atomic E-state index is -0.180. The number of aromatic amines is 1. The topological polar surface area (TPSA) is 65.1 Å². The van der Waals surface area contributed by atoms with Crippen molar-refractivity contribution in [3.05, 3.63) is 58.8 Å². The van der Waals surface area contributed by atoms with Crippen LogP contribution in [0.25, 0.3) is 10.9 Å². The summed E-state index contributed by atoms with van der Waals surface area (Å²) in [6, 6.07) is 11.0. The molecule has 3 rings (SSSR count). The summed E-state index contributed by atoms with van der Waals surface area (Å²) in [5, 5.41) is 13.4. The SMILES string of the molecule is Cc1ccc2[nH]c(C(=O)Nc3ccc(O)cc3C)c(C)c2c1. The number of hydrogen-bond donors (Lipinski definition) is 3. The van der Waals surface area contributed by atoms with Gasteiger partial charge in [-0.05, 0) is 62.2 Å². The van der Waals surface area contributed by atoms with Gasteiger partial charge in [0.1, 0.15) is 11.4 Å². The number of carbonyl (C=O) groups excluding carboxylic acids is 1. The zero-order valence-corrected chi connectivity index (χ0v) is 12.8. The Kier molecular flexibility index (Phi) is 3.37. The molecule has 1 heterocycles. The normalized spacial score (nSPS) is 10.9. The molecular formula is C18H18N2O2. The van der Waals surface area contributed by atoms with Gasteiger partial charge in [0.05, 0.1) is 0 Å². The molecule has 0 radical (unpaired) electrons. The molecule has 0 unspecified atom stereocenters. The van der Waals surface area contributed by atoms with Crippen molar-refractivity contribution in [2.24, 2.45) is 0 Å². The number of fused-ring (bicyclic) bond motifs is 1. The summed E-state index contributed by atoms with van der Waals surface area (Å²) in [6.07, 6.45) is 0. The molecule has 0 aliphatic rings. The Morgan fingerprint density at radius 1 is 1.09 bits per heavy atom. The van der Waals surface area contributed by atoms with Gasteiger partial charge in [-0.1, -0.05) is 11.6 Å². The third-order valence-corrected chi connectivity index (χ3v) is 3.90. The van der Waals surface area contributed by atoms with Crippen LogP contribution in [0.1, 0.15) is 27.2 Å². The molecule has 1 aromatic heterocycles. The van der Waals surface area contributed by atoms with Crippen molar-refractivity contribution in [2.75, 3.05) is 5.32 Å². The molecule has 1 amide bonds. The van der Waals surface area contributed by atoms with Crippen LogP contribution in [0.15, 0.2) is 36.4 Å². The van der Waals surface area contributed by atoms with Crippen LogP contribution in [0.3, 0.4) is 0 Å². The zero-order valence-electron chi connectivity index (χ0n) is 12.8. The van der Waals surface area contributed by atoms with Crippen molar-refractivity contribution in [3.8, 4) is 5.75 Å². The Morgan fingerprint density at radius 2 is 1.86 bits per heavy atom. The number of carbonyl (C=O) groups is 1. The lowest BCUT2D eigenvalue weighted by molar-refractivity contribution is 0.102. The van der Waals surface area contributed by atoms with Gasteiger partial charge in [0.2, 0.25) is 0 Å². The number of phenolic OH excluding ortho intramolecular Hbond substituents is 1. The Balaban J connectivity index is 1.97. The van der Waals surface area contributed by atoms with Crippen LogP contribution < -0.4 is 5.32 Å². The van der Waals surface area contributed by atoms with Crippen LogP contribution >= 0.6 is 0 Å². The van der Waals surface area contributed by atoms with Gasteiger partial charge in [-0.15, -0.1) is 0 Å². The van der Waals surface area contributed by atoms with Crippen LogP contribution in [-0.2, 0) is 0 Å². The maximum atomic E-state index is 12.5. The summed E-state index contributed by atoms with van der Waals surface area (Å²) in [6.45, 7) is 5.82. The summed E-state index contributed by atoms with van der Waals surface area (Å²) < 4.78 is 0. The minimum absolute atomic E-state index is 0.180. The van der Waals surface area contributed by atoms with Crippen molar-refractivity contribution < 1.29 is 9.90 Å². The third kappa shape index (κ3) is 2.44. The van der Waals surface area contributed by atoms with Crippen LogP contribution in [0.5, 0.6) is 5.75 Å². The van der Waals surface area contributed by atoms with E-state index in [1.807, 2.05) is 32.9 Å². The average Bonchev–Trinajstić information content (AvgIpc) is 2.79. The van der Waals surface area contributed by atoms with Crippen LogP contribution in [0.2, 0.25) is 0 Å². The van der Waals surface area contributed by atoms with E-state index in [0.29, 0.717) is 11.4 Å². The predicted molar refractivity (Wildman–Crippen MR) is 88.6 cm³/mol. The number of rotatable bonds is 2. The molecule has 0 atom stereocenters. The fourth-order valence-electron chi connectivity index (χ4n) is 2.64. The lowest BCUT2D eigenvalue weighted by Crippen LogP contribution is -2.14. The van der Waals surface area contributed by atoms with Crippen molar-refractivity contribution in [1.29, 1.82) is 0 Å². The number of aromatic nitrogens is 1. The number of hydrogen-bond acceptors (Lipinski definition) is 2. The van der Waals surface area contributed by atoms with Crippen LogP contribution in [0, 0.1) is 20.8 Å². The Labute approximate surface area is 128 Å². The van der Waals surface area contributed by atoms with Crippen molar-refractivity contribution >= 4 is 22.5 Å². The maximum Gasteiger partial charge on any atom is 0.272 e. The Hall–Kier alpha value is -2.75. The van der Waals surface area contributed by atoms with Gasteiger partial charge in [0, 0.05) is 16.6 Å². The number of H-pyrrole nitrogens is 1. The number of nitrogens with one attached hydrogen (secondary N) is 2. The van der Waals surface area contributed by atoms with Crippen molar-refractivity contribution in [3.63, 3.8) is 0 Å². The first-order chi connectivity index (χ1) is 10.5. The van der Waals surface area contributed by atoms with E-state index in [4.69, 9.17) is 0 Å². The molecule has 0 aliphatic carbocycles. The highest BCUT2D eigenvalue weighted by molar-refractivity contribution is 6.08. The largest absolute Gasteiger partial charge is 0.508 e. The fraction of sp³-hybridized carbons (Fsp3) is 0.167. The van der Waals surface area contributed by atoms with E-state index in [-0.39, 0.29) is 11.7 Å². The molecule has 0 fully saturated rings. The lowest BCUT2D eigenvalue weighted by atomic mass is 10.1. The molecule has 112 valence electrons. The molecule has 4 heteroatoms. The summed E-state index contributed by atoms with van der Waals surface area (Å²) >= 11 is 0. The fourth-order valence-corrected chi connectivity index (χ4v) is 2.64. The molecule has 0 saturated carbocycles. The molecule has 3 N–H and O–H groups in total. The second kappa shape index (κ2) is 5.22. The molecule has 4 nitrogen and oxygen atoms in total. The number of aryl methyl sites for hydroxylation is 3. The third-order valence-electron chi connectivity index (χ3n) is 3.90. The van der Waals surface area contributed by atoms with Gasteiger partial charge in [0.15, 0.2) is 0 Å². The molecule has 22 heavy (non-hydrogen) atoms. The minimum Gasteiger partial charge on any atom is -0.508 e. The molecule has 3 aromatic rings.